The van der Waals surface area contributed by atoms with E-state index in [1.807, 2.05) is 50.2 Å². The van der Waals surface area contributed by atoms with Crippen molar-refractivity contribution >= 4 is 22.2 Å². The molecule has 3 rings (SSSR count). The van der Waals surface area contributed by atoms with Gasteiger partial charge in [0.2, 0.25) is 0 Å². The van der Waals surface area contributed by atoms with Gasteiger partial charge in [-0.25, -0.2) is 0 Å². The van der Waals surface area contributed by atoms with Crippen LogP contribution in [0.15, 0.2) is 60.7 Å². The van der Waals surface area contributed by atoms with Crippen LogP contribution < -0.4 is 0 Å². The summed E-state index contributed by atoms with van der Waals surface area (Å²) in [6, 6.07) is 17.9. The molecule has 3 aromatic carbocycles. The summed E-state index contributed by atoms with van der Waals surface area (Å²) in [5.41, 5.74) is 1.71. The van der Waals surface area contributed by atoms with Crippen LogP contribution in [0.1, 0.15) is 41.3 Å². The molecule has 120 valence electrons. The molecule has 0 aliphatic rings. The number of carbonyl (C=O) groups excluding carboxylic acids is 1. The second-order valence-corrected chi connectivity index (χ2v) is 6.04. The molecular weight excluding hydrogens is 302 g/mol. The van der Waals surface area contributed by atoms with Crippen LogP contribution >= 0.6 is 0 Å². The first-order chi connectivity index (χ1) is 11.5. The molecule has 0 spiro atoms. The highest BCUT2D eigenvalue weighted by Gasteiger charge is 2.20. The van der Waals surface area contributed by atoms with Crippen LogP contribution in [0.3, 0.4) is 0 Å². The molecule has 0 atom stereocenters. The highest BCUT2D eigenvalue weighted by molar-refractivity contribution is 6.16. The lowest BCUT2D eigenvalue weighted by molar-refractivity contribution is -0.385. The lowest BCUT2D eigenvalue weighted by Crippen LogP contribution is -2.05. The van der Waals surface area contributed by atoms with E-state index in [0.717, 1.165) is 10.8 Å². The maximum Gasteiger partial charge on any atom is 0.272 e. The zero-order valence-electron chi connectivity index (χ0n) is 13.5. The number of nitrogens with zero attached hydrogens (tertiary/aromatic N) is 1. The van der Waals surface area contributed by atoms with Crippen molar-refractivity contribution in [2.24, 2.45) is 0 Å². The fourth-order valence-electron chi connectivity index (χ4n) is 2.90. The molecule has 4 nitrogen and oxygen atoms in total. The lowest BCUT2D eigenvalue weighted by atomic mass is 9.93. The summed E-state index contributed by atoms with van der Waals surface area (Å²) in [7, 11) is 0. The Morgan fingerprint density at radius 1 is 1.00 bits per heavy atom. The minimum absolute atomic E-state index is 0.0364. The minimum Gasteiger partial charge on any atom is -0.289 e. The molecule has 0 fully saturated rings. The van der Waals surface area contributed by atoms with Gasteiger partial charge in [-0.2, -0.15) is 0 Å². The van der Waals surface area contributed by atoms with Crippen molar-refractivity contribution in [3.63, 3.8) is 0 Å². The molecule has 0 unspecified atom stereocenters. The molecule has 0 saturated heterocycles. The number of benzene rings is 3. The maximum atomic E-state index is 12.9. The van der Waals surface area contributed by atoms with E-state index in [0.29, 0.717) is 16.7 Å². The third-order valence-corrected chi connectivity index (χ3v) is 4.14. The molecule has 0 aromatic heterocycles. The van der Waals surface area contributed by atoms with Crippen LogP contribution in [0.5, 0.6) is 0 Å². The van der Waals surface area contributed by atoms with Gasteiger partial charge in [-0.1, -0.05) is 56.3 Å². The van der Waals surface area contributed by atoms with E-state index in [4.69, 9.17) is 0 Å². The molecule has 4 heteroatoms. The van der Waals surface area contributed by atoms with Crippen molar-refractivity contribution < 1.29 is 9.72 Å². The van der Waals surface area contributed by atoms with Crippen LogP contribution in [-0.4, -0.2) is 10.7 Å². The third kappa shape index (κ3) is 2.78. The van der Waals surface area contributed by atoms with Gasteiger partial charge in [0.15, 0.2) is 5.78 Å². The Morgan fingerprint density at radius 2 is 1.71 bits per heavy atom. The number of nitro groups is 1. The molecule has 0 aliphatic heterocycles. The smallest absolute Gasteiger partial charge is 0.272 e. The lowest BCUT2D eigenvalue weighted by Gasteiger charge is -2.10. The molecule has 3 aromatic rings. The maximum absolute atomic E-state index is 12.9. The molecule has 0 bridgehead atoms. The monoisotopic (exact) mass is 319 g/mol. The number of ketones is 1. The zero-order valence-corrected chi connectivity index (χ0v) is 13.5. The average Bonchev–Trinajstić information content (AvgIpc) is 2.60. The molecule has 0 aliphatic carbocycles. The normalized spacial score (nSPS) is 11.0. The van der Waals surface area contributed by atoms with Crippen LogP contribution in [0.4, 0.5) is 5.69 Å². The Labute approximate surface area is 139 Å². The van der Waals surface area contributed by atoms with E-state index in [2.05, 4.69) is 0 Å². The summed E-state index contributed by atoms with van der Waals surface area (Å²) >= 11 is 0. The third-order valence-electron chi connectivity index (χ3n) is 4.14. The number of fused-ring (bicyclic) bond motifs is 1. The summed E-state index contributed by atoms with van der Waals surface area (Å²) in [5, 5.41) is 13.1. The van der Waals surface area contributed by atoms with Gasteiger partial charge >= 0.3 is 0 Å². The van der Waals surface area contributed by atoms with E-state index in [-0.39, 0.29) is 17.4 Å². The van der Waals surface area contributed by atoms with Gasteiger partial charge in [0.05, 0.1) is 4.92 Å². The first-order valence-electron chi connectivity index (χ1n) is 7.80. The van der Waals surface area contributed by atoms with Crippen molar-refractivity contribution in [2.45, 2.75) is 19.8 Å². The van der Waals surface area contributed by atoms with Crippen LogP contribution in [-0.2, 0) is 0 Å². The largest absolute Gasteiger partial charge is 0.289 e. The van der Waals surface area contributed by atoms with Gasteiger partial charge in [0.1, 0.15) is 0 Å². The molecule has 0 radical (unpaired) electrons. The summed E-state index contributed by atoms with van der Waals surface area (Å²) in [5.74, 6) is -0.158. The van der Waals surface area contributed by atoms with Crippen LogP contribution in [0.25, 0.3) is 10.8 Å². The predicted octanol–water partition coefficient (Wildman–Crippen LogP) is 5.10. The van der Waals surface area contributed by atoms with Crippen molar-refractivity contribution in [2.75, 3.05) is 0 Å². The number of carbonyl (C=O) groups is 1. The number of hydrogen-bond donors (Lipinski definition) is 0. The van der Waals surface area contributed by atoms with Gasteiger partial charge < -0.3 is 0 Å². The second kappa shape index (κ2) is 6.24. The quantitative estimate of drug-likeness (QED) is 0.382. The fraction of sp³-hybridized carbons (Fsp3) is 0.150. The number of rotatable bonds is 4. The molecule has 0 amide bonds. The van der Waals surface area contributed by atoms with E-state index < -0.39 is 4.92 Å². The second-order valence-electron chi connectivity index (χ2n) is 6.04. The minimum atomic E-state index is -0.401. The molecular formula is C20H17NO3. The van der Waals surface area contributed by atoms with Gasteiger partial charge in [0, 0.05) is 22.8 Å². The average molecular weight is 319 g/mol. The number of hydrogen-bond acceptors (Lipinski definition) is 3. The first kappa shape index (κ1) is 15.9. The number of nitro benzene ring substituents is 1. The topological polar surface area (TPSA) is 60.2 Å². The molecule has 0 saturated carbocycles. The summed E-state index contributed by atoms with van der Waals surface area (Å²) in [4.78, 5) is 23.7. The van der Waals surface area contributed by atoms with E-state index in [1.165, 1.54) is 12.1 Å². The van der Waals surface area contributed by atoms with Gasteiger partial charge in [-0.05, 0) is 28.8 Å². The van der Waals surface area contributed by atoms with Crippen LogP contribution in [0.2, 0.25) is 0 Å². The Hall–Kier alpha value is -3.01. The Balaban J connectivity index is 2.13. The highest BCUT2D eigenvalue weighted by Crippen LogP contribution is 2.29. The molecule has 24 heavy (non-hydrogen) atoms. The molecule has 0 heterocycles. The Morgan fingerprint density at radius 3 is 2.42 bits per heavy atom. The van der Waals surface area contributed by atoms with Crippen molar-refractivity contribution in [3.05, 3.63) is 87.5 Å². The zero-order chi connectivity index (χ0) is 17.3. The van der Waals surface area contributed by atoms with Crippen molar-refractivity contribution in [1.82, 2.24) is 0 Å². The SMILES string of the molecule is CC(C)c1cc(C(=O)c2cccc3ccccc23)ccc1[N+](=O)[O-]. The van der Waals surface area contributed by atoms with Gasteiger partial charge in [-0.15, -0.1) is 0 Å². The predicted molar refractivity (Wildman–Crippen MR) is 94.6 cm³/mol. The van der Waals surface area contributed by atoms with E-state index in [9.17, 15) is 14.9 Å². The fourth-order valence-corrected chi connectivity index (χ4v) is 2.90. The van der Waals surface area contributed by atoms with Crippen molar-refractivity contribution in [3.8, 4) is 0 Å². The summed E-state index contributed by atoms with van der Waals surface area (Å²) < 4.78 is 0. The van der Waals surface area contributed by atoms with Gasteiger partial charge in [-0.3, -0.25) is 14.9 Å². The summed E-state index contributed by atoms with van der Waals surface area (Å²) in [6.07, 6.45) is 0. The molecule has 0 N–H and O–H groups in total. The first-order valence-corrected chi connectivity index (χ1v) is 7.80. The van der Waals surface area contributed by atoms with E-state index in [1.54, 1.807) is 12.1 Å². The van der Waals surface area contributed by atoms with E-state index >= 15 is 0 Å². The van der Waals surface area contributed by atoms with Crippen molar-refractivity contribution in [1.29, 1.82) is 0 Å². The standard InChI is InChI=1S/C20H17NO3/c1-13(2)18-12-15(10-11-19(18)21(23)24)20(22)17-9-5-7-14-6-3-4-8-16(14)17/h3-13H,1-2H3. The van der Waals surface area contributed by atoms with Gasteiger partial charge in [0.25, 0.3) is 5.69 Å². The highest BCUT2D eigenvalue weighted by atomic mass is 16.6. The Kier molecular flexibility index (Phi) is 4.13. The summed E-state index contributed by atoms with van der Waals surface area (Å²) in [6.45, 7) is 3.77. The Bertz CT molecular complexity index is 939. The van der Waals surface area contributed by atoms with Crippen LogP contribution in [0, 0.1) is 10.1 Å².